The zero-order valence-electron chi connectivity index (χ0n) is 12.1. The van der Waals surface area contributed by atoms with E-state index in [1.807, 2.05) is 12.1 Å². The maximum absolute atomic E-state index is 12.1. The third-order valence-electron chi connectivity index (χ3n) is 4.01. The van der Waals surface area contributed by atoms with Gasteiger partial charge in [0.05, 0.1) is 4.90 Å². The van der Waals surface area contributed by atoms with E-state index in [0.29, 0.717) is 10.9 Å². The summed E-state index contributed by atoms with van der Waals surface area (Å²) in [5, 5.41) is 6.89. The maximum Gasteiger partial charge on any atom is 0.240 e. The number of hydrogen-bond acceptors (Lipinski definition) is 4. The Bertz CT molecular complexity index is 559. The molecule has 1 heterocycles. The van der Waals surface area contributed by atoms with E-state index in [-0.39, 0.29) is 6.04 Å². The summed E-state index contributed by atoms with van der Waals surface area (Å²) in [6, 6.07) is 7.70. The third kappa shape index (κ3) is 4.18. The lowest BCUT2D eigenvalue weighted by atomic mass is 10.1. The molecule has 1 aliphatic heterocycles. The molecule has 0 bridgehead atoms. The van der Waals surface area contributed by atoms with E-state index < -0.39 is 10.0 Å². The summed E-state index contributed by atoms with van der Waals surface area (Å²) in [7, 11) is -3.34. The molecule has 2 aliphatic rings. The molecule has 1 aliphatic carbocycles. The number of anilines is 1. The molecule has 1 aromatic carbocycles. The largest absolute Gasteiger partial charge is 0.382 e. The first-order valence-electron chi connectivity index (χ1n) is 7.73. The van der Waals surface area contributed by atoms with Crippen molar-refractivity contribution in [3.63, 3.8) is 0 Å². The lowest BCUT2D eigenvalue weighted by Gasteiger charge is -2.17. The smallest absolute Gasteiger partial charge is 0.240 e. The van der Waals surface area contributed by atoms with Gasteiger partial charge in [-0.25, -0.2) is 13.1 Å². The van der Waals surface area contributed by atoms with E-state index in [9.17, 15) is 8.42 Å². The van der Waals surface area contributed by atoms with E-state index >= 15 is 0 Å². The highest BCUT2D eigenvalue weighted by molar-refractivity contribution is 7.89. The number of nitrogens with one attached hydrogen (secondary N) is 3. The van der Waals surface area contributed by atoms with Crippen molar-refractivity contribution < 1.29 is 8.42 Å². The minimum atomic E-state index is -3.34. The fourth-order valence-electron chi connectivity index (χ4n) is 2.62. The molecule has 1 atom stereocenters. The molecule has 21 heavy (non-hydrogen) atoms. The van der Waals surface area contributed by atoms with Gasteiger partial charge in [0.15, 0.2) is 0 Å². The van der Waals surface area contributed by atoms with Crippen LogP contribution in [0.2, 0.25) is 0 Å². The van der Waals surface area contributed by atoms with Crippen LogP contribution in [-0.2, 0) is 10.0 Å². The van der Waals surface area contributed by atoms with Crippen molar-refractivity contribution >= 4 is 15.7 Å². The minimum Gasteiger partial charge on any atom is -0.382 e. The van der Waals surface area contributed by atoms with Crippen LogP contribution in [0, 0.1) is 0 Å². The molecule has 5 nitrogen and oxygen atoms in total. The van der Waals surface area contributed by atoms with Gasteiger partial charge in [-0.1, -0.05) is 0 Å². The van der Waals surface area contributed by atoms with Crippen molar-refractivity contribution in [3.05, 3.63) is 24.3 Å². The van der Waals surface area contributed by atoms with Gasteiger partial charge in [0, 0.05) is 17.8 Å². The van der Waals surface area contributed by atoms with Gasteiger partial charge in [0.2, 0.25) is 10.0 Å². The summed E-state index contributed by atoms with van der Waals surface area (Å²) >= 11 is 0. The topological polar surface area (TPSA) is 70.2 Å². The fourth-order valence-corrected chi connectivity index (χ4v) is 3.92. The first-order chi connectivity index (χ1) is 10.1. The Balaban J connectivity index is 1.63. The van der Waals surface area contributed by atoms with Gasteiger partial charge < -0.3 is 10.6 Å². The van der Waals surface area contributed by atoms with Gasteiger partial charge in [0.1, 0.15) is 0 Å². The van der Waals surface area contributed by atoms with E-state index in [1.165, 1.54) is 6.42 Å². The molecule has 0 spiro atoms. The first-order valence-corrected chi connectivity index (χ1v) is 9.21. The van der Waals surface area contributed by atoms with Crippen LogP contribution in [0.1, 0.15) is 32.1 Å². The Labute approximate surface area is 126 Å². The average Bonchev–Trinajstić information content (AvgIpc) is 3.27. The molecule has 0 aromatic heterocycles. The number of hydrogen-bond donors (Lipinski definition) is 3. The van der Waals surface area contributed by atoms with Gasteiger partial charge in [-0.15, -0.1) is 0 Å². The second-order valence-electron chi connectivity index (χ2n) is 5.94. The second-order valence-corrected chi connectivity index (χ2v) is 7.66. The summed E-state index contributed by atoms with van der Waals surface area (Å²) in [5.41, 5.74) is 0.993. The highest BCUT2D eigenvalue weighted by Gasteiger charge is 2.27. The molecular weight excluding hydrogens is 286 g/mol. The van der Waals surface area contributed by atoms with Gasteiger partial charge in [0.25, 0.3) is 0 Å². The van der Waals surface area contributed by atoms with Crippen molar-refractivity contribution in [2.24, 2.45) is 0 Å². The average molecular weight is 309 g/mol. The third-order valence-corrected chi connectivity index (χ3v) is 5.55. The highest BCUT2D eigenvalue weighted by atomic mass is 32.2. The summed E-state index contributed by atoms with van der Waals surface area (Å²) in [4.78, 5) is 0.350. The van der Waals surface area contributed by atoms with E-state index in [4.69, 9.17) is 0 Å². The van der Waals surface area contributed by atoms with Crippen LogP contribution in [0.15, 0.2) is 29.2 Å². The van der Waals surface area contributed by atoms with Crippen molar-refractivity contribution in [1.29, 1.82) is 0 Å². The van der Waals surface area contributed by atoms with E-state index in [0.717, 1.165) is 44.5 Å². The Kier molecular flexibility index (Phi) is 4.47. The van der Waals surface area contributed by atoms with Crippen LogP contribution < -0.4 is 15.4 Å². The predicted molar refractivity (Wildman–Crippen MR) is 83.9 cm³/mol. The summed E-state index contributed by atoms with van der Waals surface area (Å²) in [6.07, 6.45) is 5.33. The van der Waals surface area contributed by atoms with Crippen molar-refractivity contribution in [2.45, 2.75) is 49.1 Å². The van der Waals surface area contributed by atoms with Crippen molar-refractivity contribution in [1.82, 2.24) is 10.0 Å². The summed E-state index contributed by atoms with van der Waals surface area (Å²) in [6.45, 7) is 2.12. The van der Waals surface area contributed by atoms with Crippen molar-refractivity contribution in [3.8, 4) is 0 Å². The van der Waals surface area contributed by atoms with Crippen LogP contribution in [0.4, 0.5) is 5.69 Å². The molecule has 2 fully saturated rings. The summed E-state index contributed by atoms with van der Waals surface area (Å²) in [5.74, 6) is 0. The van der Waals surface area contributed by atoms with Gasteiger partial charge >= 0.3 is 0 Å². The molecule has 1 saturated carbocycles. The second kappa shape index (κ2) is 6.34. The minimum absolute atomic E-state index is 0.145. The van der Waals surface area contributed by atoms with Gasteiger partial charge in [-0.05, 0) is 69.5 Å². The van der Waals surface area contributed by atoms with Crippen LogP contribution in [0.25, 0.3) is 0 Å². The predicted octanol–water partition coefficient (Wildman–Crippen LogP) is 1.68. The summed E-state index contributed by atoms with van der Waals surface area (Å²) < 4.78 is 26.9. The zero-order chi connectivity index (χ0) is 14.7. The first kappa shape index (κ1) is 14.8. The molecule has 0 amide bonds. The number of benzene rings is 1. The normalized spacial score (nSPS) is 23.5. The number of rotatable bonds is 5. The number of sulfonamides is 1. The molecule has 6 heteroatoms. The lowest BCUT2D eigenvalue weighted by molar-refractivity contribution is 0.581. The lowest BCUT2D eigenvalue weighted by Crippen LogP contribution is -2.25. The van der Waals surface area contributed by atoms with Crippen LogP contribution in [0.5, 0.6) is 0 Å². The van der Waals surface area contributed by atoms with Gasteiger partial charge in [-0.2, -0.15) is 0 Å². The molecule has 116 valence electrons. The molecule has 0 radical (unpaired) electrons. The standard InChI is InChI=1S/C15H23N3O2S/c19-21(20,18-14-3-4-14)15-7-5-13(6-8-15)17-12-2-1-10-16-11-9-12/h5-8,12,14,16-18H,1-4,9-11H2. The monoisotopic (exact) mass is 309 g/mol. The van der Waals surface area contributed by atoms with E-state index in [2.05, 4.69) is 15.4 Å². The Morgan fingerprint density at radius 1 is 0.952 bits per heavy atom. The molecule has 1 saturated heterocycles. The molecule has 1 aromatic rings. The SMILES string of the molecule is O=S(=O)(NC1CC1)c1ccc(NC2CCCNCC2)cc1. The molecule has 1 unspecified atom stereocenters. The van der Waals surface area contributed by atoms with Gasteiger partial charge in [-0.3, -0.25) is 0 Å². The Morgan fingerprint density at radius 3 is 2.43 bits per heavy atom. The fraction of sp³-hybridized carbons (Fsp3) is 0.600. The molecule has 3 N–H and O–H groups in total. The van der Waals surface area contributed by atoms with Crippen molar-refractivity contribution in [2.75, 3.05) is 18.4 Å². The Morgan fingerprint density at radius 2 is 1.71 bits per heavy atom. The van der Waals surface area contributed by atoms with Crippen LogP contribution >= 0.6 is 0 Å². The zero-order valence-corrected chi connectivity index (χ0v) is 13.0. The molecule has 3 rings (SSSR count). The van der Waals surface area contributed by atoms with Crippen LogP contribution in [-0.4, -0.2) is 33.6 Å². The van der Waals surface area contributed by atoms with Crippen LogP contribution in [0.3, 0.4) is 0 Å². The quantitative estimate of drug-likeness (QED) is 0.774. The Hall–Kier alpha value is -1.11. The van der Waals surface area contributed by atoms with E-state index in [1.54, 1.807) is 12.1 Å². The highest BCUT2D eigenvalue weighted by Crippen LogP contribution is 2.23. The molecular formula is C15H23N3O2S. The maximum atomic E-state index is 12.1.